The molecule has 3 aromatic rings. The molecule has 3 heteroatoms. The smallest absolute Gasteiger partial charge is 0.109 e. The Kier molecular flexibility index (Phi) is 5.15. The zero-order chi connectivity index (χ0) is 16.6. The van der Waals surface area contributed by atoms with Gasteiger partial charge in [-0.3, -0.25) is 10.4 Å². The third kappa shape index (κ3) is 4.40. The quantitative estimate of drug-likeness (QED) is 0.536. The van der Waals surface area contributed by atoms with E-state index in [1.807, 2.05) is 60.7 Å². The number of rotatable bonds is 5. The van der Waals surface area contributed by atoms with Crippen LogP contribution in [0.4, 0.5) is 5.69 Å². The number of pyridine rings is 1. The average molecular weight is 313 g/mol. The van der Waals surface area contributed by atoms with Gasteiger partial charge in [0, 0.05) is 6.20 Å². The van der Waals surface area contributed by atoms with Crippen LogP contribution in [0.3, 0.4) is 0 Å². The van der Waals surface area contributed by atoms with Gasteiger partial charge in [0.1, 0.15) is 5.71 Å². The van der Waals surface area contributed by atoms with Gasteiger partial charge >= 0.3 is 0 Å². The summed E-state index contributed by atoms with van der Waals surface area (Å²) in [7, 11) is 0. The maximum absolute atomic E-state index is 4.51. The number of nitrogens with one attached hydrogen (secondary N) is 1. The zero-order valence-corrected chi connectivity index (χ0v) is 13.6. The number of hydrogen-bond acceptors (Lipinski definition) is 3. The molecule has 0 aliphatic carbocycles. The monoisotopic (exact) mass is 313 g/mol. The van der Waals surface area contributed by atoms with Gasteiger partial charge in [-0.25, -0.2) is 0 Å². The highest BCUT2D eigenvalue weighted by Gasteiger charge is 2.01. The molecule has 0 fully saturated rings. The van der Waals surface area contributed by atoms with Gasteiger partial charge in [0.05, 0.1) is 11.4 Å². The van der Waals surface area contributed by atoms with Crippen molar-refractivity contribution < 1.29 is 0 Å². The molecule has 0 unspecified atom stereocenters. The van der Waals surface area contributed by atoms with Crippen molar-refractivity contribution in [3.05, 3.63) is 102 Å². The molecule has 0 saturated heterocycles. The summed E-state index contributed by atoms with van der Waals surface area (Å²) in [6.07, 6.45) is 5.79. The molecular weight excluding hydrogens is 294 g/mol. The Hall–Kier alpha value is -3.20. The first kappa shape index (κ1) is 15.7. The molecule has 0 atom stereocenters. The van der Waals surface area contributed by atoms with Crippen molar-refractivity contribution in [1.82, 2.24) is 4.98 Å². The Morgan fingerprint density at radius 1 is 0.917 bits per heavy atom. The number of anilines is 1. The van der Waals surface area contributed by atoms with Crippen LogP contribution in [-0.4, -0.2) is 10.7 Å². The summed E-state index contributed by atoms with van der Waals surface area (Å²) in [6.45, 7) is 2.08. The third-order valence-electron chi connectivity index (χ3n) is 3.52. The minimum Gasteiger partial charge on any atom is -0.278 e. The highest BCUT2D eigenvalue weighted by Crippen LogP contribution is 2.09. The first-order valence-corrected chi connectivity index (χ1v) is 7.86. The van der Waals surface area contributed by atoms with Gasteiger partial charge in [-0.05, 0) is 42.8 Å². The van der Waals surface area contributed by atoms with Gasteiger partial charge in [0.15, 0.2) is 0 Å². The molecule has 24 heavy (non-hydrogen) atoms. The molecule has 1 aromatic heterocycles. The Morgan fingerprint density at radius 3 is 2.38 bits per heavy atom. The van der Waals surface area contributed by atoms with E-state index in [4.69, 9.17) is 0 Å². The number of hydrogen-bond donors (Lipinski definition) is 1. The van der Waals surface area contributed by atoms with Crippen LogP contribution in [0.1, 0.15) is 16.8 Å². The van der Waals surface area contributed by atoms with E-state index < -0.39 is 0 Å². The normalized spacial score (nSPS) is 11.6. The molecule has 0 bridgehead atoms. The van der Waals surface area contributed by atoms with Crippen molar-refractivity contribution in [2.45, 2.75) is 6.92 Å². The first-order chi connectivity index (χ1) is 11.8. The van der Waals surface area contributed by atoms with Crippen LogP contribution in [0.25, 0.3) is 6.08 Å². The lowest BCUT2D eigenvalue weighted by molar-refractivity contribution is 1.26. The number of aryl methyl sites for hydroxylation is 1. The second kappa shape index (κ2) is 7.88. The number of nitrogens with zero attached hydrogens (tertiary/aromatic N) is 2. The van der Waals surface area contributed by atoms with Crippen molar-refractivity contribution in [2.75, 3.05) is 5.43 Å². The lowest BCUT2D eigenvalue weighted by Gasteiger charge is -2.04. The van der Waals surface area contributed by atoms with Crippen LogP contribution in [0.5, 0.6) is 0 Å². The fourth-order valence-corrected chi connectivity index (χ4v) is 2.18. The summed E-state index contributed by atoms with van der Waals surface area (Å²) in [5.41, 5.74) is 8.00. The second-order valence-electron chi connectivity index (χ2n) is 5.43. The summed E-state index contributed by atoms with van der Waals surface area (Å²) in [5.74, 6) is 0. The van der Waals surface area contributed by atoms with E-state index in [-0.39, 0.29) is 0 Å². The van der Waals surface area contributed by atoms with Crippen molar-refractivity contribution in [2.24, 2.45) is 5.10 Å². The number of para-hydroxylation sites is 1. The Morgan fingerprint density at radius 2 is 1.67 bits per heavy atom. The van der Waals surface area contributed by atoms with Crippen LogP contribution in [-0.2, 0) is 0 Å². The Balaban J connectivity index is 1.86. The van der Waals surface area contributed by atoms with Gasteiger partial charge in [0.25, 0.3) is 0 Å². The van der Waals surface area contributed by atoms with E-state index >= 15 is 0 Å². The highest BCUT2D eigenvalue weighted by atomic mass is 15.3. The van der Waals surface area contributed by atoms with E-state index in [0.29, 0.717) is 0 Å². The average Bonchev–Trinajstić information content (AvgIpc) is 2.65. The maximum Gasteiger partial charge on any atom is 0.109 e. The third-order valence-corrected chi connectivity index (χ3v) is 3.52. The number of benzene rings is 2. The van der Waals surface area contributed by atoms with E-state index in [1.165, 1.54) is 5.56 Å². The largest absolute Gasteiger partial charge is 0.278 e. The number of hydrazone groups is 1. The van der Waals surface area contributed by atoms with Crippen molar-refractivity contribution in [3.63, 3.8) is 0 Å². The lowest BCUT2D eigenvalue weighted by Crippen LogP contribution is -2.03. The molecule has 1 N–H and O–H groups in total. The summed E-state index contributed by atoms with van der Waals surface area (Å²) >= 11 is 0. The molecule has 0 amide bonds. The fourth-order valence-electron chi connectivity index (χ4n) is 2.18. The van der Waals surface area contributed by atoms with Gasteiger partial charge in [-0.1, -0.05) is 60.2 Å². The molecule has 0 aliphatic heterocycles. The summed E-state index contributed by atoms with van der Waals surface area (Å²) in [5, 5.41) is 4.51. The van der Waals surface area contributed by atoms with Gasteiger partial charge in [0.2, 0.25) is 0 Å². The topological polar surface area (TPSA) is 37.3 Å². The summed E-state index contributed by atoms with van der Waals surface area (Å²) in [4.78, 5) is 4.40. The predicted octanol–water partition coefficient (Wildman–Crippen LogP) is 4.92. The second-order valence-corrected chi connectivity index (χ2v) is 5.43. The van der Waals surface area contributed by atoms with Crippen LogP contribution in [0.2, 0.25) is 0 Å². The van der Waals surface area contributed by atoms with Gasteiger partial charge < -0.3 is 0 Å². The molecule has 0 spiro atoms. The van der Waals surface area contributed by atoms with Gasteiger partial charge in [-0.15, -0.1) is 0 Å². The summed E-state index contributed by atoms with van der Waals surface area (Å²) in [6, 6.07) is 24.1. The van der Waals surface area contributed by atoms with E-state index in [0.717, 1.165) is 22.7 Å². The SMILES string of the molecule is Cc1ccc(/C=C/C(=N/Nc2ccccc2)c2ccccn2)cc1. The Bertz CT molecular complexity index is 820. The number of allylic oxidation sites excluding steroid dienone is 1. The molecular formula is C21H19N3. The Labute approximate surface area is 142 Å². The van der Waals surface area contributed by atoms with Crippen molar-refractivity contribution in [1.29, 1.82) is 0 Å². The lowest BCUT2D eigenvalue weighted by atomic mass is 10.1. The first-order valence-electron chi connectivity index (χ1n) is 7.86. The van der Waals surface area contributed by atoms with Crippen LogP contribution < -0.4 is 5.43 Å². The molecule has 1 heterocycles. The number of aromatic nitrogens is 1. The van der Waals surface area contributed by atoms with Crippen molar-refractivity contribution >= 4 is 17.5 Å². The zero-order valence-electron chi connectivity index (χ0n) is 13.6. The predicted molar refractivity (Wildman–Crippen MR) is 101 cm³/mol. The molecule has 3 rings (SSSR count). The standard InChI is InChI=1S/C21H19N3/c1-17-10-12-18(13-11-17)14-15-21(20-9-5-6-16-22-20)24-23-19-7-3-2-4-8-19/h2-16,23H,1H3/b15-14+,24-21-. The van der Waals surface area contributed by atoms with E-state index in [9.17, 15) is 0 Å². The molecule has 118 valence electrons. The van der Waals surface area contributed by atoms with Gasteiger partial charge in [-0.2, -0.15) is 5.10 Å². The van der Waals surface area contributed by atoms with E-state index in [2.05, 4.69) is 46.7 Å². The molecule has 3 nitrogen and oxygen atoms in total. The van der Waals surface area contributed by atoms with Crippen LogP contribution >= 0.6 is 0 Å². The van der Waals surface area contributed by atoms with Crippen molar-refractivity contribution in [3.8, 4) is 0 Å². The van der Waals surface area contributed by atoms with Crippen LogP contribution in [0.15, 0.2) is 90.2 Å². The molecule has 0 aliphatic rings. The maximum atomic E-state index is 4.51. The molecule has 0 saturated carbocycles. The minimum absolute atomic E-state index is 0.778. The minimum atomic E-state index is 0.778. The molecule has 2 aromatic carbocycles. The van der Waals surface area contributed by atoms with E-state index in [1.54, 1.807) is 6.20 Å². The highest BCUT2D eigenvalue weighted by molar-refractivity contribution is 6.09. The van der Waals surface area contributed by atoms with Crippen LogP contribution in [0, 0.1) is 6.92 Å². The summed E-state index contributed by atoms with van der Waals surface area (Å²) < 4.78 is 0. The fraction of sp³-hybridized carbons (Fsp3) is 0.0476. The molecule has 0 radical (unpaired) electrons.